The van der Waals surface area contributed by atoms with Crippen LogP contribution < -0.4 is 0 Å². The van der Waals surface area contributed by atoms with Gasteiger partial charge in [-0.2, -0.15) is 0 Å². The SMILES string of the molecule is CCCCCCCCCCCCCCCCCCOP(OCCCCCCCCCCCCCCCCCC)OC(=O)CCC(C(=O)OP(OC(O)C(O)CO)OC(O)C(O)CO)(c1ccc(O)cc1C(C)(C)C)c1ccc(O)cc1C(C)(C)C. The van der Waals surface area contributed by atoms with Gasteiger partial charge in [0, 0.05) is 6.42 Å². The van der Waals surface area contributed by atoms with E-state index in [4.69, 9.17) is 27.1 Å². The number of aliphatic hydroxyl groups excluding tert-OH is 6. The molecule has 4 atom stereocenters. The summed E-state index contributed by atoms with van der Waals surface area (Å²) >= 11 is 0. The maximum absolute atomic E-state index is 15.8. The number of aliphatic hydroxyl groups is 6. The van der Waals surface area contributed by atoms with Gasteiger partial charge in [-0.05, 0) is 76.6 Å². The summed E-state index contributed by atoms with van der Waals surface area (Å²) in [4.78, 5) is 30.3. The van der Waals surface area contributed by atoms with E-state index in [1.54, 1.807) is 0 Å². The molecule has 2 rings (SSSR count). The van der Waals surface area contributed by atoms with Crippen LogP contribution in [0.5, 0.6) is 11.5 Å². The predicted molar refractivity (Wildman–Crippen MR) is 341 cm³/mol. The van der Waals surface area contributed by atoms with Crippen LogP contribution in [-0.2, 0) is 53.0 Å². The van der Waals surface area contributed by atoms with Crippen LogP contribution in [0.4, 0.5) is 0 Å². The minimum atomic E-state index is -3.31. The smallest absolute Gasteiger partial charge is 0.404 e. The second kappa shape index (κ2) is 45.7. The van der Waals surface area contributed by atoms with Crippen molar-refractivity contribution in [3.8, 4) is 11.5 Å². The standard InChI is InChI=1S/C67H118O16P2/c1-9-11-13-15-17-19-21-23-25-27-29-31-33-35-37-39-47-78-84(79-48-40-38-36-34-32-30-28-26-24-22-20-18-16-14-12-10-2)80-61(74)45-46-67(55-43-41-53(70)49-57(55)65(3,4)5,56-44-42-54(71)50-58(56)66(6,7)8)64(77)83-85(81-62(75)59(72)51-68)82-63(76)60(73)52-69/h41-44,49-50,59-60,62-63,68-73,75-76H,9-40,45-48,51-52H2,1-8H3. The lowest BCUT2D eigenvalue weighted by atomic mass is 9.63. The maximum Gasteiger partial charge on any atom is 0.404 e. The topological polar surface area (TPSA) is 251 Å². The van der Waals surface area contributed by atoms with E-state index in [0.717, 1.165) is 51.4 Å². The summed E-state index contributed by atoms with van der Waals surface area (Å²) in [5.41, 5.74) is -2.26. The van der Waals surface area contributed by atoms with Crippen molar-refractivity contribution in [2.75, 3.05) is 26.4 Å². The number of rotatable bonds is 52. The average Bonchev–Trinajstić information content (AvgIpc) is 1.64. The first kappa shape index (κ1) is 78.5. The highest BCUT2D eigenvalue weighted by Gasteiger charge is 2.51. The van der Waals surface area contributed by atoms with Gasteiger partial charge in [-0.25, -0.2) is 0 Å². The van der Waals surface area contributed by atoms with E-state index < -0.39 is 89.8 Å². The minimum absolute atomic E-state index is 0.123. The summed E-state index contributed by atoms with van der Waals surface area (Å²) in [5.74, 6) is -2.17. The van der Waals surface area contributed by atoms with E-state index in [1.807, 2.05) is 41.5 Å². The van der Waals surface area contributed by atoms with Crippen molar-refractivity contribution in [1.29, 1.82) is 0 Å². The van der Waals surface area contributed by atoms with Crippen LogP contribution in [0.2, 0.25) is 0 Å². The molecule has 0 bridgehead atoms. The first-order valence-electron chi connectivity index (χ1n) is 32.9. The molecule has 0 amide bonds. The van der Waals surface area contributed by atoms with Crippen molar-refractivity contribution in [2.45, 2.75) is 315 Å². The largest absolute Gasteiger partial charge is 0.508 e. The number of phenols is 2. The van der Waals surface area contributed by atoms with E-state index in [0.29, 0.717) is 24.3 Å². The number of carbonyl (C=O) groups excluding carboxylic acids is 2. The summed E-state index contributed by atoms with van der Waals surface area (Å²) in [7, 11) is -5.49. The fraction of sp³-hybridized carbons (Fsp3) is 0.791. The Labute approximate surface area is 515 Å². The normalized spacial score (nSPS) is 14.2. The quantitative estimate of drug-likeness (QED) is 0.0174. The highest BCUT2D eigenvalue weighted by Crippen LogP contribution is 2.52. The summed E-state index contributed by atoms with van der Waals surface area (Å²) in [6.07, 6.45) is 30.1. The molecule has 2 aromatic carbocycles. The van der Waals surface area contributed by atoms with E-state index in [-0.39, 0.29) is 29.0 Å². The predicted octanol–water partition coefficient (Wildman–Crippen LogP) is 16.2. The van der Waals surface area contributed by atoms with Gasteiger partial charge in [-0.1, -0.05) is 260 Å². The molecule has 0 radical (unpaired) electrons. The molecule has 0 heterocycles. The Morgan fingerprint density at radius 2 is 0.741 bits per heavy atom. The summed E-state index contributed by atoms with van der Waals surface area (Å²) in [5, 5.41) is 83.4. The van der Waals surface area contributed by atoms with Crippen LogP contribution in [0.25, 0.3) is 0 Å². The lowest BCUT2D eigenvalue weighted by Gasteiger charge is -2.40. The van der Waals surface area contributed by atoms with E-state index in [2.05, 4.69) is 13.8 Å². The van der Waals surface area contributed by atoms with E-state index in [9.17, 15) is 45.6 Å². The van der Waals surface area contributed by atoms with Gasteiger partial charge in [-0.15, -0.1) is 0 Å². The Hall–Kier alpha value is -2.56. The molecule has 18 heteroatoms. The van der Waals surface area contributed by atoms with Crippen molar-refractivity contribution in [1.82, 2.24) is 0 Å². The van der Waals surface area contributed by atoms with Crippen LogP contribution >= 0.6 is 17.2 Å². The molecule has 0 aliphatic rings. The highest BCUT2D eigenvalue weighted by molar-refractivity contribution is 7.42. The van der Waals surface area contributed by atoms with Gasteiger partial charge in [0.15, 0.2) is 12.6 Å². The first-order valence-corrected chi connectivity index (χ1v) is 35.1. The van der Waals surface area contributed by atoms with Crippen LogP contribution in [0, 0.1) is 0 Å². The van der Waals surface area contributed by atoms with Crippen molar-refractivity contribution in [2.24, 2.45) is 0 Å². The average molecular weight is 1240 g/mol. The summed E-state index contributed by atoms with van der Waals surface area (Å²) in [6.45, 7) is 14.4. The number of aromatic hydroxyl groups is 2. The second-order valence-corrected chi connectivity index (χ2v) is 27.6. The number of unbranched alkanes of at least 4 members (excludes halogenated alkanes) is 30. The van der Waals surface area contributed by atoms with Crippen LogP contribution in [-0.4, -0.2) is 104 Å². The van der Waals surface area contributed by atoms with Gasteiger partial charge in [0.25, 0.3) is 0 Å². The molecular formula is C67H118O16P2. The van der Waals surface area contributed by atoms with Crippen molar-refractivity contribution in [3.05, 3.63) is 58.7 Å². The Bertz CT molecular complexity index is 1910. The van der Waals surface area contributed by atoms with Gasteiger partial charge in [0.2, 0.25) is 0 Å². The van der Waals surface area contributed by atoms with E-state index in [1.165, 1.54) is 190 Å². The molecule has 4 unspecified atom stereocenters. The fourth-order valence-electron chi connectivity index (χ4n) is 10.6. The number of benzene rings is 2. The third kappa shape index (κ3) is 32.7. The molecule has 0 aromatic heterocycles. The fourth-order valence-corrected chi connectivity index (χ4v) is 12.6. The number of carbonyl (C=O) groups is 2. The third-order valence-corrected chi connectivity index (χ3v) is 18.0. The summed E-state index contributed by atoms with van der Waals surface area (Å²) < 4.78 is 35.4. The Morgan fingerprint density at radius 1 is 0.435 bits per heavy atom. The minimum Gasteiger partial charge on any atom is -0.508 e. The molecule has 0 saturated carbocycles. The molecule has 492 valence electrons. The number of hydrogen-bond acceptors (Lipinski definition) is 16. The maximum atomic E-state index is 15.8. The molecule has 0 spiro atoms. The molecule has 0 saturated heterocycles. The molecule has 16 nitrogen and oxygen atoms in total. The zero-order valence-corrected chi connectivity index (χ0v) is 55.7. The van der Waals surface area contributed by atoms with Crippen molar-refractivity contribution < 1.29 is 77.6 Å². The monoisotopic (exact) mass is 1240 g/mol. The Kier molecular flexibility index (Phi) is 42.2. The van der Waals surface area contributed by atoms with Gasteiger partial charge in [0.1, 0.15) is 29.1 Å². The molecule has 0 aliphatic carbocycles. The van der Waals surface area contributed by atoms with Crippen LogP contribution in [0.1, 0.15) is 296 Å². The number of phenolic OH excluding ortho intramolecular Hbond substituents is 2. The van der Waals surface area contributed by atoms with Gasteiger partial charge >= 0.3 is 29.1 Å². The Morgan fingerprint density at radius 3 is 1.04 bits per heavy atom. The third-order valence-electron chi connectivity index (χ3n) is 15.7. The van der Waals surface area contributed by atoms with Crippen molar-refractivity contribution in [3.63, 3.8) is 0 Å². The molecule has 0 aliphatic heterocycles. The van der Waals surface area contributed by atoms with Gasteiger partial charge in [0.05, 0.1) is 26.4 Å². The lowest BCUT2D eigenvalue weighted by molar-refractivity contribution is -0.161. The summed E-state index contributed by atoms with van der Waals surface area (Å²) in [6, 6.07) is 8.86. The van der Waals surface area contributed by atoms with Gasteiger partial charge < -0.3 is 58.9 Å². The number of hydrogen-bond donors (Lipinski definition) is 8. The first-order chi connectivity index (χ1) is 40.7. The molecule has 85 heavy (non-hydrogen) atoms. The molecular weight excluding hydrogens is 1120 g/mol. The highest BCUT2D eigenvalue weighted by atomic mass is 31.2. The lowest BCUT2D eigenvalue weighted by Crippen LogP contribution is -2.43. The molecule has 0 fully saturated rings. The van der Waals surface area contributed by atoms with Gasteiger partial charge in [-0.3, -0.25) is 18.6 Å². The zero-order chi connectivity index (χ0) is 62.9. The zero-order valence-electron chi connectivity index (χ0n) is 53.9. The van der Waals surface area contributed by atoms with Crippen LogP contribution in [0.15, 0.2) is 36.4 Å². The van der Waals surface area contributed by atoms with Crippen LogP contribution in [0.3, 0.4) is 0 Å². The second-order valence-electron chi connectivity index (χ2n) is 25.4. The molecule has 2 aromatic rings. The van der Waals surface area contributed by atoms with Crippen molar-refractivity contribution >= 4 is 29.1 Å². The molecule has 8 N–H and O–H groups in total. The van der Waals surface area contributed by atoms with E-state index >= 15 is 4.79 Å². The Balaban J connectivity index is 2.41.